The van der Waals surface area contributed by atoms with Crippen LogP contribution in [0.3, 0.4) is 0 Å². The normalized spacial score (nSPS) is 11.2. The topological polar surface area (TPSA) is 8.17 Å². The highest BCUT2D eigenvalue weighted by molar-refractivity contribution is 6.10. The Kier molecular flexibility index (Phi) is 8.55. The average molecular weight is 715 g/mol. The number of para-hydroxylation sites is 3. The molecule has 0 atom stereocenters. The van der Waals surface area contributed by atoms with Crippen molar-refractivity contribution in [1.82, 2.24) is 4.57 Å². The SMILES string of the molecule is c1ccc(-c2ccc(-c3ccc(N(c4ccc5c6ccccc6n(-c6ccccc6)c5c4)c4ccccc4-c4ccccc4)cc3-c3ccccc3)cc2)cc1. The van der Waals surface area contributed by atoms with Gasteiger partial charge in [-0.05, 0) is 87.5 Å². The van der Waals surface area contributed by atoms with Crippen molar-refractivity contribution in [2.45, 2.75) is 0 Å². The number of nitrogens with zero attached hydrogens (tertiary/aromatic N) is 2. The fourth-order valence-corrected chi connectivity index (χ4v) is 8.16. The predicted octanol–water partition coefficient (Wildman–Crippen LogP) is 14.9. The monoisotopic (exact) mass is 714 g/mol. The van der Waals surface area contributed by atoms with Gasteiger partial charge >= 0.3 is 0 Å². The highest BCUT2D eigenvalue weighted by Crippen LogP contribution is 2.45. The minimum absolute atomic E-state index is 1.08. The number of anilines is 3. The van der Waals surface area contributed by atoms with E-state index in [0.717, 1.165) is 28.3 Å². The number of rotatable bonds is 8. The van der Waals surface area contributed by atoms with E-state index in [0.29, 0.717) is 0 Å². The van der Waals surface area contributed by atoms with E-state index in [9.17, 15) is 0 Å². The van der Waals surface area contributed by atoms with E-state index < -0.39 is 0 Å². The van der Waals surface area contributed by atoms with E-state index in [2.05, 4.69) is 240 Å². The van der Waals surface area contributed by atoms with E-state index in [4.69, 9.17) is 0 Å². The smallest absolute Gasteiger partial charge is 0.0561 e. The van der Waals surface area contributed by atoms with Crippen LogP contribution in [0, 0.1) is 0 Å². The fourth-order valence-electron chi connectivity index (χ4n) is 8.16. The van der Waals surface area contributed by atoms with Crippen LogP contribution in [-0.4, -0.2) is 4.57 Å². The molecule has 9 aromatic carbocycles. The van der Waals surface area contributed by atoms with Crippen molar-refractivity contribution in [2.75, 3.05) is 4.90 Å². The Hall–Kier alpha value is -7.42. The summed E-state index contributed by atoms with van der Waals surface area (Å²) in [6, 6.07) is 83.1. The van der Waals surface area contributed by atoms with Crippen LogP contribution in [0.1, 0.15) is 0 Å². The van der Waals surface area contributed by atoms with Crippen molar-refractivity contribution in [1.29, 1.82) is 0 Å². The number of fused-ring (bicyclic) bond motifs is 3. The Bertz CT molecular complexity index is 2930. The molecule has 10 rings (SSSR count). The van der Waals surface area contributed by atoms with Crippen LogP contribution in [0.5, 0.6) is 0 Å². The van der Waals surface area contributed by atoms with Gasteiger partial charge in [-0.2, -0.15) is 0 Å². The second kappa shape index (κ2) is 14.4. The molecule has 56 heavy (non-hydrogen) atoms. The highest BCUT2D eigenvalue weighted by atomic mass is 15.1. The molecule has 1 heterocycles. The third-order valence-corrected chi connectivity index (χ3v) is 10.8. The van der Waals surface area contributed by atoms with Crippen molar-refractivity contribution in [2.24, 2.45) is 0 Å². The molecular weight excluding hydrogens is 677 g/mol. The van der Waals surface area contributed by atoms with Gasteiger partial charge in [0.1, 0.15) is 0 Å². The predicted molar refractivity (Wildman–Crippen MR) is 237 cm³/mol. The summed E-state index contributed by atoms with van der Waals surface area (Å²) < 4.78 is 2.40. The summed E-state index contributed by atoms with van der Waals surface area (Å²) in [5.74, 6) is 0. The Morgan fingerprint density at radius 1 is 0.286 bits per heavy atom. The molecule has 0 saturated heterocycles. The molecule has 0 bridgehead atoms. The first kappa shape index (κ1) is 33.2. The Morgan fingerprint density at radius 2 is 0.768 bits per heavy atom. The first-order chi connectivity index (χ1) is 27.8. The van der Waals surface area contributed by atoms with Crippen LogP contribution >= 0.6 is 0 Å². The summed E-state index contributed by atoms with van der Waals surface area (Å²) >= 11 is 0. The van der Waals surface area contributed by atoms with Gasteiger partial charge in [-0.3, -0.25) is 0 Å². The summed E-state index contributed by atoms with van der Waals surface area (Å²) in [6.07, 6.45) is 0. The minimum Gasteiger partial charge on any atom is -0.310 e. The molecular formula is C54H38N2. The van der Waals surface area contributed by atoms with Gasteiger partial charge in [0.25, 0.3) is 0 Å². The Labute approximate surface area is 327 Å². The minimum atomic E-state index is 1.08. The Balaban J connectivity index is 1.20. The van der Waals surface area contributed by atoms with Gasteiger partial charge in [0.05, 0.1) is 16.7 Å². The molecule has 2 heteroatoms. The second-order valence-electron chi connectivity index (χ2n) is 14.1. The number of hydrogen-bond acceptors (Lipinski definition) is 1. The lowest BCUT2D eigenvalue weighted by Gasteiger charge is -2.29. The lowest BCUT2D eigenvalue weighted by Crippen LogP contribution is -2.12. The molecule has 0 unspecified atom stereocenters. The van der Waals surface area contributed by atoms with Crippen molar-refractivity contribution >= 4 is 38.9 Å². The summed E-state index contributed by atoms with van der Waals surface area (Å²) in [6.45, 7) is 0. The molecule has 0 spiro atoms. The molecule has 0 aliphatic rings. The maximum Gasteiger partial charge on any atom is 0.0561 e. The van der Waals surface area contributed by atoms with Gasteiger partial charge in [-0.25, -0.2) is 0 Å². The lowest BCUT2D eigenvalue weighted by molar-refractivity contribution is 1.18. The fraction of sp³-hybridized carbons (Fsp3) is 0. The first-order valence-corrected chi connectivity index (χ1v) is 19.2. The van der Waals surface area contributed by atoms with E-state index in [1.165, 1.54) is 60.8 Å². The standard InChI is InChI=1S/C54H38N2/c1-5-17-39(18-6-1)40-29-31-43(32-30-40)47-35-33-45(37-51(47)42-21-9-3-10-22-42)55(52-27-15-13-25-48(52)41-19-7-2-8-20-41)46-34-36-50-49-26-14-16-28-53(49)56(54(50)38-46)44-23-11-4-12-24-44/h1-38H. The van der Waals surface area contributed by atoms with E-state index >= 15 is 0 Å². The van der Waals surface area contributed by atoms with Gasteiger partial charge < -0.3 is 9.47 Å². The van der Waals surface area contributed by atoms with Crippen LogP contribution < -0.4 is 4.90 Å². The second-order valence-corrected chi connectivity index (χ2v) is 14.1. The molecule has 0 amide bonds. The van der Waals surface area contributed by atoms with Gasteiger partial charge in [0, 0.05) is 33.4 Å². The number of benzene rings is 9. The summed E-state index contributed by atoms with van der Waals surface area (Å²) in [4.78, 5) is 2.43. The van der Waals surface area contributed by atoms with Crippen molar-refractivity contribution in [3.8, 4) is 50.2 Å². The third-order valence-electron chi connectivity index (χ3n) is 10.8. The van der Waals surface area contributed by atoms with Crippen LogP contribution in [-0.2, 0) is 0 Å². The molecule has 0 aliphatic carbocycles. The quantitative estimate of drug-likeness (QED) is 0.152. The zero-order valence-corrected chi connectivity index (χ0v) is 30.8. The van der Waals surface area contributed by atoms with E-state index in [1.807, 2.05) is 0 Å². The maximum absolute atomic E-state index is 2.43. The van der Waals surface area contributed by atoms with Gasteiger partial charge in [0.15, 0.2) is 0 Å². The van der Waals surface area contributed by atoms with Gasteiger partial charge in [0.2, 0.25) is 0 Å². The van der Waals surface area contributed by atoms with Crippen molar-refractivity contribution in [3.05, 3.63) is 231 Å². The molecule has 264 valence electrons. The third kappa shape index (κ3) is 6.04. The van der Waals surface area contributed by atoms with Gasteiger partial charge in [-0.15, -0.1) is 0 Å². The van der Waals surface area contributed by atoms with E-state index in [1.54, 1.807) is 0 Å². The molecule has 1 aromatic heterocycles. The van der Waals surface area contributed by atoms with Crippen LogP contribution in [0.2, 0.25) is 0 Å². The summed E-state index contributed by atoms with van der Waals surface area (Å²) in [5, 5.41) is 2.46. The molecule has 0 N–H and O–H groups in total. The Morgan fingerprint density at radius 3 is 1.48 bits per heavy atom. The molecule has 2 nitrogen and oxygen atoms in total. The largest absolute Gasteiger partial charge is 0.310 e. The van der Waals surface area contributed by atoms with Crippen molar-refractivity contribution < 1.29 is 0 Å². The number of hydrogen-bond donors (Lipinski definition) is 0. The highest BCUT2D eigenvalue weighted by Gasteiger charge is 2.21. The molecule has 0 saturated carbocycles. The van der Waals surface area contributed by atoms with Crippen LogP contribution in [0.15, 0.2) is 231 Å². The maximum atomic E-state index is 2.43. The van der Waals surface area contributed by atoms with Crippen LogP contribution in [0.4, 0.5) is 17.1 Å². The molecule has 0 radical (unpaired) electrons. The average Bonchev–Trinajstić information content (AvgIpc) is 3.61. The lowest BCUT2D eigenvalue weighted by atomic mass is 9.92. The van der Waals surface area contributed by atoms with Crippen molar-refractivity contribution in [3.63, 3.8) is 0 Å². The number of aromatic nitrogens is 1. The summed E-state index contributed by atoms with van der Waals surface area (Å²) in [5.41, 5.74) is 16.3. The zero-order chi connectivity index (χ0) is 37.3. The zero-order valence-electron chi connectivity index (χ0n) is 30.8. The molecule has 10 aromatic rings. The first-order valence-electron chi connectivity index (χ1n) is 19.2. The summed E-state index contributed by atoms with van der Waals surface area (Å²) in [7, 11) is 0. The van der Waals surface area contributed by atoms with Gasteiger partial charge in [-0.1, -0.05) is 182 Å². The molecule has 0 fully saturated rings. The molecule has 0 aliphatic heterocycles. The van der Waals surface area contributed by atoms with E-state index in [-0.39, 0.29) is 0 Å². The van der Waals surface area contributed by atoms with Crippen LogP contribution in [0.25, 0.3) is 72.0 Å².